The molecule has 5 aliphatic rings. The number of nitrogens with zero attached hydrogens (tertiary/aromatic N) is 4. The van der Waals surface area contributed by atoms with Crippen LogP contribution in [0.25, 0.3) is 11.1 Å². The maximum absolute atomic E-state index is 13.7. The molecule has 96 heavy (non-hydrogen) atoms. The molecular formula is C70H85N9O16S. The Bertz CT molecular complexity index is 3630. The number of nitriles is 1. The number of rotatable bonds is 24. The summed E-state index contributed by atoms with van der Waals surface area (Å²) in [6.07, 6.45) is 1.24. The van der Waals surface area contributed by atoms with Crippen molar-refractivity contribution in [2.24, 2.45) is 5.92 Å². The number of aliphatic hydroxyl groups excluding tert-OH is 1. The number of ketones is 2. The van der Waals surface area contributed by atoms with Gasteiger partial charge in [-0.05, 0) is 92.8 Å². The highest BCUT2D eigenvalue weighted by atomic mass is 32.2. The fourth-order valence-corrected chi connectivity index (χ4v) is 13.2. The van der Waals surface area contributed by atoms with Gasteiger partial charge in [-0.15, -0.1) is 11.8 Å². The van der Waals surface area contributed by atoms with E-state index in [1.807, 2.05) is 74.5 Å². The van der Waals surface area contributed by atoms with Crippen LogP contribution < -0.4 is 31.3 Å². The monoisotopic (exact) mass is 1340 g/mol. The van der Waals surface area contributed by atoms with Gasteiger partial charge < -0.3 is 70.5 Å². The standard InChI is InChI=1S/C49H52N6O12.C11H21NO4.C10H12N2S/c1-66-37-14-6-13-34-41(37)47(63)43-42(45(34)61)46(62)35-23-28(15-16-33(35)44(43)60)48(64)52-19-8-22-55(21-7-18-51-39(58)24-54-40(59)25-53-38(57)17-20-50-27-56)49(65)67-26-36-31-11-4-2-9-29(31)30-10-3-5-12-32(30)36;1-8-11(13)9(3-5-15-8)12-4-6-16-10(7-12)14-2;1-7(2)13-10-9(6-11)5-4-8(3)12-10/h2-6,9-14,27-28,36,60,62H,7-8,15-26H2,1H3,(H,50,56)(H,51,58)(H,52,64)(H,53,57)(H,54,59);8-11,13H,3-7H2,1-2H3;4-5,7H,1-3H3/t28-;;/m0../s1. The zero-order chi connectivity index (χ0) is 69.0. The summed E-state index contributed by atoms with van der Waals surface area (Å²) in [5, 5.41) is 55.8. The Morgan fingerprint density at radius 1 is 0.792 bits per heavy atom. The predicted molar refractivity (Wildman–Crippen MR) is 355 cm³/mol. The molecule has 0 saturated carbocycles. The molecule has 5 atom stereocenters. The normalized spacial score (nSPS) is 18.3. The van der Waals surface area contributed by atoms with Gasteiger partial charge in [-0.2, -0.15) is 5.26 Å². The number of aromatic nitrogens is 1. The molecule has 1 aromatic heterocycles. The van der Waals surface area contributed by atoms with Crippen LogP contribution in [-0.2, 0) is 55.8 Å². The summed E-state index contributed by atoms with van der Waals surface area (Å²) in [5.41, 5.74) is 5.90. The van der Waals surface area contributed by atoms with Crippen LogP contribution in [0.15, 0.2) is 83.9 Å². The number of phenols is 2. The Hall–Kier alpha value is -8.97. The molecule has 2 saturated heterocycles. The van der Waals surface area contributed by atoms with Gasteiger partial charge in [-0.25, -0.2) is 9.78 Å². The number of benzene rings is 4. The van der Waals surface area contributed by atoms with Crippen molar-refractivity contribution in [1.29, 1.82) is 5.26 Å². The second kappa shape index (κ2) is 35.1. The van der Waals surface area contributed by atoms with Gasteiger partial charge in [0.15, 0.2) is 12.1 Å². The minimum atomic E-state index is -0.640. The summed E-state index contributed by atoms with van der Waals surface area (Å²) in [5.74, 6) is -4.56. The van der Waals surface area contributed by atoms with E-state index >= 15 is 0 Å². The van der Waals surface area contributed by atoms with E-state index in [4.69, 9.17) is 28.9 Å². The van der Waals surface area contributed by atoms with Crippen molar-refractivity contribution in [2.45, 2.75) is 113 Å². The molecular weight excluding hydrogens is 1250 g/mol. The van der Waals surface area contributed by atoms with Gasteiger partial charge in [0, 0.05) is 111 Å². The van der Waals surface area contributed by atoms with E-state index in [2.05, 4.69) is 56.4 Å². The molecule has 6 amide bonds. The lowest BCUT2D eigenvalue weighted by molar-refractivity contribution is -0.190. The molecule has 10 rings (SSSR count). The van der Waals surface area contributed by atoms with Crippen LogP contribution in [-0.4, -0.2) is 201 Å². The van der Waals surface area contributed by atoms with E-state index in [0.717, 1.165) is 59.1 Å². The van der Waals surface area contributed by atoms with Crippen molar-refractivity contribution >= 4 is 59.5 Å². The van der Waals surface area contributed by atoms with E-state index in [0.29, 0.717) is 48.7 Å². The molecule has 0 radical (unpaired) electrons. The number of pyridine rings is 1. The molecule has 0 spiro atoms. The highest BCUT2D eigenvalue weighted by molar-refractivity contribution is 7.99. The van der Waals surface area contributed by atoms with E-state index in [1.165, 1.54) is 24.1 Å². The maximum atomic E-state index is 13.7. The van der Waals surface area contributed by atoms with Gasteiger partial charge in [0.05, 0.1) is 61.3 Å². The van der Waals surface area contributed by atoms with Gasteiger partial charge in [-0.1, -0.05) is 74.5 Å². The van der Waals surface area contributed by atoms with Crippen molar-refractivity contribution in [1.82, 2.24) is 41.4 Å². The molecule has 3 aliphatic carbocycles. The summed E-state index contributed by atoms with van der Waals surface area (Å²) in [4.78, 5) is 109. The number of hydrogen-bond donors (Lipinski definition) is 8. The minimum absolute atomic E-state index is 0.00538. The number of methoxy groups -OCH3 is 2. The molecule has 26 heteroatoms. The van der Waals surface area contributed by atoms with Crippen molar-refractivity contribution in [3.8, 4) is 34.4 Å². The van der Waals surface area contributed by atoms with Crippen LogP contribution in [0, 0.1) is 24.2 Å². The summed E-state index contributed by atoms with van der Waals surface area (Å²) in [6, 6.07) is 26.5. The first-order chi connectivity index (χ1) is 46.3. The van der Waals surface area contributed by atoms with Crippen molar-refractivity contribution in [2.75, 3.05) is 92.9 Å². The molecule has 0 bridgehead atoms. The molecule has 5 aromatic rings. The lowest BCUT2D eigenvalue weighted by Gasteiger charge is -2.43. The van der Waals surface area contributed by atoms with Crippen molar-refractivity contribution in [3.63, 3.8) is 0 Å². The Kier molecular flexibility index (Phi) is 26.7. The molecule has 4 unspecified atom stereocenters. The first kappa shape index (κ1) is 72.9. The summed E-state index contributed by atoms with van der Waals surface area (Å²) in [7, 11) is 3.02. The molecule has 2 aliphatic heterocycles. The number of carbonyl (C=O) groups excluding carboxylic acids is 8. The molecule has 4 aromatic carbocycles. The fraction of sp³-hybridized carbons (Fsp3) is 0.457. The van der Waals surface area contributed by atoms with Crippen LogP contribution in [0.2, 0.25) is 0 Å². The summed E-state index contributed by atoms with van der Waals surface area (Å²) in [6.45, 7) is 11.3. The molecule has 2 fully saturated rings. The SMILES string of the molecule is COC1CN(C2CCOC(C)C2O)CCO1.COc1cccc2c1C(=O)c1c(O)c3c(c(O)c1C2=O)C[C@@H](C(=O)NCCCN(CCCNC(=O)CNC(=O)CNC(=O)CCNC=O)C(=O)OCC1c2ccccc2-c2ccccc21)CC3.Cc1ccc(C#N)c(SC(C)C)n1. The number of thioether (sulfide) groups is 1. The number of hydrogen-bond acceptors (Lipinski definition) is 20. The topological polar surface area (TPSA) is 347 Å². The molecule has 512 valence electrons. The van der Waals surface area contributed by atoms with Crippen molar-refractivity contribution < 1.29 is 77.4 Å². The quantitative estimate of drug-likeness (QED) is 0.0167. The van der Waals surface area contributed by atoms with Crippen LogP contribution in [0.4, 0.5) is 4.79 Å². The second-order valence-electron chi connectivity index (χ2n) is 23.9. The number of phenolic OH excluding ortho intramolecular Hbond substituents is 2. The highest BCUT2D eigenvalue weighted by Crippen LogP contribution is 2.48. The van der Waals surface area contributed by atoms with E-state index in [9.17, 15) is 53.7 Å². The van der Waals surface area contributed by atoms with Gasteiger partial charge in [0.25, 0.3) is 0 Å². The number of amides is 6. The van der Waals surface area contributed by atoms with E-state index in [-0.39, 0.29) is 136 Å². The molecule has 3 heterocycles. The Morgan fingerprint density at radius 2 is 1.44 bits per heavy atom. The minimum Gasteiger partial charge on any atom is -0.507 e. The number of morpholine rings is 1. The zero-order valence-electron chi connectivity index (χ0n) is 54.9. The zero-order valence-corrected chi connectivity index (χ0v) is 55.7. The number of aryl methyl sites for hydroxylation is 1. The second-order valence-corrected chi connectivity index (χ2v) is 25.5. The molecule has 8 N–H and O–H groups in total. The first-order valence-corrected chi connectivity index (χ1v) is 33.1. The van der Waals surface area contributed by atoms with Gasteiger partial charge in [-0.3, -0.25) is 38.5 Å². The number of nitrogens with one attached hydrogen (secondary N) is 5. The highest BCUT2D eigenvalue weighted by Gasteiger charge is 2.42. The van der Waals surface area contributed by atoms with Crippen LogP contribution >= 0.6 is 11.8 Å². The largest absolute Gasteiger partial charge is 0.507 e. The van der Waals surface area contributed by atoms with Crippen LogP contribution in [0.3, 0.4) is 0 Å². The third-order valence-electron chi connectivity index (χ3n) is 17.2. The van der Waals surface area contributed by atoms with Crippen molar-refractivity contribution in [3.05, 3.63) is 135 Å². The molecule has 25 nitrogen and oxygen atoms in total. The number of carbonyl (C=O) groups is 8. The predicted octanol–water partition coefficient (Wildman–Crippen LogP) is 5.21. The van der Waals surface area contributed by atoms with Gasteiger partial charge in [0.2, 0.25) is 35.8 Å². The smallest absolute Gasteiger partial charge is 0.409 e. The first-order valence-electron chi connectivity index (χ1n) is 32.2. The third-order valence-corrected chi connectivity index (χ3v) is 18.2. The number of aliphatic hydroxyl groups is 1. The third kappa shape index (κ3) is 18.3. The lowest BCUT2D eigenvalue weighted by atomic mass is 9.75. The number of ether oxygens (including phenoxy) is 5. The number of fused-ring (bicyclic) bond motifs is 6. The Labute approximate surface area is 562 Å². The van der Waals surface area contributed by atoms with Crippen LogP contribution in [0.1, 0.15) is 124 Å². The average molecular weight is 1340 g/mol. The fourth-order valence-electron chi connectivity index (χ4n) is 12.3. The van der Waals surface area contributed by atoms with Gasteiger partial charge >= 0.3 is 6.09 Å². The maximum Gasteiger partial charge on any atom is 0.409 e. The Morgan fingerprint density at radius 3 is 2.10 bits per heavy atom. The summed E-state index contributed by atoms with van der Waals surface area (Å²) >= 11 is 1.63. The van der Waals surface area contributed by atoms with Gasteiger partial charge in [0.1, 0.15) is 35.0 Å². The Balaban J connectivity index is 0.000000330. The average Bonchev–Trinajstić information content (AvgIpc) is 0.959. The van der Waals surface area contributed by atoms with E-state index in [1.54, 1.807) is 24.9 Å². The number of aromatic hydroxyl groups is 2. The van der Waals surface area contributed by atoms with E-state index < -0.39 is 58.9 Å². The van der Waals surface area contributed by atoms with Crippen LogP contribution in [0.5, 0.6) is 17.2 Å². The summed E-state index contributed by atoms with van der Waals surface area (Å²) < 4.78 is 27.3. The lowest BCUT2D eigenvalue weighted by Crippen LogP contribution is -2.57.